The molecule has 0 atom stereocenters. The van der Waals surface area contributed by atoms with E-state index in [4.69, 9.17) is 4.74 Å². The molecule has 0 spiro atoms. The minimum atomic E-state index is -0.564. The Morgan fingerprint density at radius 2 is 1.88 bits per heavy atom. The van der Waals surface area contributed by atoms with Crippen molar-refractivity contribution in [3.63, 3.8) is 0 Å². The van der Waals surface area contributed by atoms with Gasteiger partial charge in [-0.05, 0) is 38.5 Å². The molecule has 25 heavy (non-hydrogen) atoms. The van der Waals surface area contributed by atoms with Crippen molar-refractivity contribution < 1.29 is 19.1 Å². The highest BCUT2D eigenvalue weighted by molar-refractivity contribution is 7.18. The molecular weight excluding hydrogens is 340 g/mol. The monoisotopic (exact) mass is 360 g/mol. The van der Waals surface area contributed by atoms with E-state index in [1.54, 1.807) is 32.0 Å². The van der Waals surface area contributed by atoms with Crippen molar-refractivity contribution in [3.8, 4) is 0 Å². The number of carbonyl (C=O) groups excluding carboxylic acids is 3. The maximum absolute atomic E-state index is 12.5. The number of ether oxygens (including phenoxy) is 1. The van der Waals surface area contributed by atoms with Crippen LogP contribution in [0.25, 0.3) is 0 Å². The first-order chi connectivity index (χ1) is 11.9. The van der Waals surface area contributed by atoms with Crippen LogP contribution in [-0.2, 0) is 4.74 Å². The predicted octanol–water partition coefficient (Wildman–Crippen LogP) is 3.15. The Morgan fingerprint density at radius 3 is 2.48 bits per heavy atom. The second kappa shape index (κ2) is 7.94. The highest BCUT2D eigenvalue weighted by Crippen LogP contribution is 2.34. The molecule has 0 aliphatic rings. The Kier molecular flexibility index (Phi) is 5.93. The number of rotatable bonds is 5. The fourth-order valence-corrected chi connectivity index (χ4v) is 3.48. The van der Waals surface area contributed by atoms with E-state index in [0.29, 0.717) is 21.0 Å². The van der Waals surface area contributed by atoms with Gasteiger partial charge in [-0.1, -0.05) is 17.7 Å². The average molecular weight is 360 g/mol. The van der Waals surface area contributed by atoms with Gasteiger partial charge in [0.15, 0.2) is 0 Å². The number of carbonyl (C=O) groups is 3. The van der Waals surface area contributed by atoms with Crippen molar-refractivity contribution in [3.05, 3.63) is 51.4 Å². The molecule has 7 heteroatoms. The molecule has 0 saturated heterocycles. The van der Waals surface area contributed by atoms with E-state index < -0.39 is 5.97 Å². The van der Waals surface area contributed by atoms with Crippen molar-refractivity contribution in [2.45, 2.75) is 20.8 Å². The third kappa shape index (κ3) is 4.06. The molecule has 2 rings (SSSR count). The predicted molar refractivity (Wildman–Crippen MR) is 97.5 cm³/mol. The minimum Gasteiger partial charge on any atom is -0.462 e. The quantitative estimate of drug-likeness (QED) is 0.802. The zero-order chi connectivity index (χ0) is 18.6. The van der Waals surface area contributed by atoms with Gasteiger partial charge in [0.1, 0.15) is 5.00 Å². The van der Waals surface area contributed by atoms with Gasteiger partial charge < -0.3 is 15.4 Å². The van der Waals surface area contributed by atoms with E-state index >= 15 is 0 Å². The lowest BCUT2D eigenvalue weighted by Gasteiger charge is -2.07. The van der Waals surface area contributed by atoms with E-state index in [-0.39, 0.29) is 24.0 Å². The van der Waals surface area contributed by atoms with Crippen LogP contribution in [0.15, 0.2) is 24.3 Å². The summed E-state index contributed by atoms with van der Waals surface area (Å²) in [6.07, 6.45) is 0. The van der Waals surface area contributed by atoms with E-state index in [1.165, 1.54) is 7.05 Å². The summed E-state index contributed by atoms with van der Waals surface area (Å²) in [4.78, 5) is 37.2. The number of thiophene rings is 1. The maximum Gasteiger partial charge on any atom is 0.341 e. The van der Waals surface area contributed by atoms with E-state index in [0.717, 1.165) is 16.9 Å². The lowest BCUT2D eigenvalue weighted by atomic mass is 10.1. The molecule has 1 heterocycles. The number of amides is 2. The molecule has 2 aromatic rings. The Hall–Kier alpha value is -2.67. The minimum absolute atomic E-state index is 0.203. The summed E-state index contributed by atoms with van der Waals surface area (Å²) in [7, 11) is 1.51. The van der Waals surface area contributed by atoms with Gasteiger partial charge in [0.25, 0.3) is 11.8 Å². The summed E-state index contributed by atoms with van der Waals surface area (Å²) in [5.74, 6) is -1.23. The number of esters is 1. The maximum atomic E-state index is 12.5. The van der Waals surface area contributed by atoms with Gasteiger partial charge in [0, 0.05) is 12.6 Å². The van der Waals surface area contributed by atoms with Gasteiger partial charge >= 0.3 is 5.97 Å². The number of anilines is 1. The Morgan fingerprint density at radius 1 is 1.16 bits per heavy atom. The first-order valence-electron chi connectivity index (χ1n) is 7.79. The van der Waals surface area contributed by atoms with Crippen LogP contribution in [0, 0.1) is 13.8 Å². The molecule has 0 bridgehead atoms. The van der Waals surface area contributed by atoms with Crippen LogP contribution in [0.1, 0.15) is 48.4 Å². The van der Waals surface area contributed by atoms with Gasteiger partial charge in [0.2, 0.25) is 0 Å². The number of nitrogens with one attached hydrogen (secondary N) is 2. The average Bonchev–Trinajstić information content (AvgIpc) is 2.90. The first-order valence-corrected chi connectivity index (χ1v) is 8.61. The number of aryl methyl sites for hydroxylation is 1. The Bertz CT molecular complexity index is 826. The van der Waals surface area contributed by atoms with Crippen LogP contribution in [0.5, 0.6) is 0 Å². The molecule has 1 aromatic heterocycles. The normalized spacial score (nSPS) is 10.2. The molecule has 0 radical (unpaired) electrons. The van der Waals surface area contributed by atoms with Crippen molar-refractivity contribution in [1.29, 1.82) is 0 Å². The van der Waals surface area contributed by atoms with Gasteiger partial charge in [0.05, 0.1) is 17.0 Å². The fraction of sp³-hybridized carbons (Fsp3) is 0.278. The van der Waals surface area contributed by atoms with Crippen LogP contribution in [0.2, 0.25) is 0 Å². The first kappa shape index (κ1) is 18.7. The number of benzene rings is 1. The van der Waals surface area contributed by atoms with Crippen LogP contribution >= 0.6 is 11.3 Å². The lowest BCUT2D eigenvalue weighted by Crippen LogP contribution is -2.18. The second-order valence-electron chi connectivity index (χ2n) is 5.38. The molecule has 0 aliphatic heterocycles. The van der Waals surface area contributed by atoms with Crippen molar-refractivity contribution in [1.82, 2.24) is 5.32 Å². The van der Waals surface area contributed by atoms with E-state index in [9.17, 15) is 14.4 Å². The zero-order valence-corrected chi connectivity index (χ0v) is 15.4. The molecule has 0 unspecified atom stereocenters. The number of hydrogen-bond donors (Lipinski definition) is 2. The zero-order valence-electron chi connectivity index (χ0n) is 14.6. The van der Waals surface area contributed by atoms with E-state index in [2.05, 4.69) is 10.6 Å². The van der Waals surface area contributed by atoms with Crippen LogP contribution in [0.4, 0.5) is 5.00 Å². The smallest absolute Gasteiger partial charge is 0.341 e. The van der Waals surface area contributed by atoms with Gasteiger partial charge in [-0.15, -0.1) is 11.3 Å². The third-order valence-electron chi connectivity index (χ3n) is 3.57. The van der Waals surface area contributed by atoms with E-state index in [1.807, 2.05) is 13.0 Å². The Balaban J connectivity index is 2.43. The topological polar surface area (TPSA) is 84.5 Å². The summed E-state index contributed by atoms with van der Waals surface area (Å²) in [6, 6.07) is 7.11. The van der Waals surface area contributed by atoms with Crippen molar-refractivity contribution >= 4 is 34.1 Å². The number of hydrogen-bond acceptors (Lipinski definition) is 5. The SMILES string of the molecule is CCOC(=O)c1c(NC(=O)c2cccc(C)c2)sc(C(=O)NC)c1C. The molecule has 6 nitrogen and oxygen atoms in total. The molecule has 0 fully saturated rings. The summed E-state index contributed by atoms with van der Waals surface area (Å²) < 4.78 is 5.07. The molecule has 2 amide bonds. The highest BCUT2D eigenvalue weighted by Gasteiger charge is 2.26. The largest absolute Gasteiger partial charge is 0.462 e. The summed E-state index contributed by atoms with van der Waals surface area (Å²) in [5, 5.41) is 5.57. The van der Waals surface area contributed by atoms with Gasteiger partial charge in [-0.2, -0.15) is 0 Å². The summed E-state index contributed by atoms with van der Waals surface area (Å²) in [5.41, 5.74) is 2.13. The second-order valence-corrected chi connectivity index (χ2v) is 6.40. The lowest BCUT2D eigenvalue weighted by molar-refractivity contribution is 0.0527. The molecule has 2 N–H and O–H groups in total. The summed E-state index contributed by atoms with van der Waals surface area (Å²) in [6.45, 7) is 5.45. The molecule has 1 aromatic carbocycles. The van der Waals surface area contributed by atoms with Crippen molar-refractivity contribution in [2.75, 3.05) is 19.0 Å². The standard InChI is InChI=1S/C18H20N2O4S/c1-5-24-18(23)13-11(3)14(16(22)19-4)25-17(13)20-15(21)12-8-6-7-10(2)9-12/h6-9H,5H2,1-4H3,(H,19,22)(H,20,21). The molecular formula is C18H20N2O4S. The summed E-state index contributed by atoms with van der Waals surface area (Å²) >= 11 is 1.06. The van der Waals surface area contributed by atoms with Crippen LogP contribution < -0.4 is 10.6 Å². The third-order valence-corrected chi connectivity index (χ3v) is 4.77. The van der Waals surface area contributed by atoms with Crippen molar-refractivity contribution in [2.24, 2.45) is 0 Å². The molecule has 0 saturated carbocycles. The van der Waals surface area contributed by atoms with Crippen LogP contribution in [0.3, 0.4) is 0 Å². The fourth-order valence-electron chi connectivity index (χ4n) is 2.34. The van der Waals surface area contributed by atoms with Gasteiger partial charge in [-0.3, -0.25) is 9.59 Å². The molecule has 132 valence electrons. The van der Waals surface area contributed by atoms with Gasteiger partial charge in [-0.25, -0.2) is 4.79 Å². The molecule has 0 aliphatic carbocycles. The highest BCUT2D eigenvalue weighted by atomic mass is 32.1. The Labute approximate surface area is 150 Å². The van der Waals surface area contributed by atoms with Crippen LogP contribution in [-0.4, -0.2) is 31.4 Å².